The Morgan fingerprint density at radius 2 is 2.06 bits per heavy atom. The highest BCUT2D eigenvalue weighted by molar-refractivity contribution is 5.85. The molecule has 100 valence electrons. The average molecular weight is 263 g/mol. The van der Waals surface area contributed by atoms with Gasteiger partial charge in [-0.25, -0.2) is 0 Å². The van der Waals surface area contributed by atoms with Crippen LogP contribution in [0.1, 0.15) is 19.3 Å². The Kier molecular flexibility index (Phi) is 5.22. The third kappa shape index (κ3) is 2.75. The molecular formula is C12H23ClN2O2. The standard InChI is InChI=1S/C12H22N2O2.ClH/c1-14(5-6-16-2)12(15)10-8-3-4-9(7-8)11(10)13;/h8-11H,3-7,13H2,1-2H3;1H. The monoisotopic (exact) mass is 262 g/mol. The minimum Gasteiger partial charge on any atom is -0.383 e. The summed E-state index contributed by atoms with van der Waals surface area (Å²) in [4.78, 5) is 14.0. The number of likely N-dealkylation sites (N-methyl/N-ethyl adjacent to an activating group) is 1. The molecule has 1 amide bonds. The fourth-order valence-corrected chi connectivity index (χ4v) is 3.30. The van der Waals surface area contributed by atoms with Crippen molar-refractivity contribution in [3.05, 3.63) is 0 Å². The highest BCUT2D eigenvalue weighted by Gasteiger charge is 2.49. The maximum Gasteiger partial charge on any atom is 0.227 e. The zero-order chi connectivity index (χ0) is 11.7. The molecule has 0 saturated heterocycles. The molecule has 0 aromatic heterocycles. The molecule has 17 heavy (non-hydrogen) atoms. The molecule has 4 unspecified atom stereocenters. The number of hydrogen-bond acceptors (Lipinski definition) is 3. The molecule has 2 aliphatic rings. The van der Waals surface area contributed by atoms with Crippen molar-refractivity contribution >= 4 is 18.3 Å². The lowest BCUT2D eigenvalue weighted by Crippen LogP contribution is -2.46. The fourth-order valence-electron chi connectivity index (χ4n) is 3.30. The lowest BCUT2D eigenvalue weighted by Gasteiger charge is -2.30. The normalized spacial score (nSPS) is 34.5. The number of methoxy groups -OCH3 is 1. The molecular weight excluding hydrogens is 240 g/mol. The molecule has 0 aliphatic heterocycles. The van der Waals surface area contributed by atoms with E-state index < -0.39 is 0 Å². The van der Waals surface area contributed by atoms with E-state index in [9.17, 15) is 4.79 Å². The van der Waals surface area contributed by atoms with E-state index in [0.717, 1.165) is 6.42 Å². The zero-order valence-corrected chi connectivity index (χ0v) is 11.4. The number of nitrogens with two attached hydrogens (primary N) is 1. The SMILES string of the molecule is COCCN(C)C(=O)C1C2CCC(C2)C1N.Cl. The molecule has 0 radical (unpaired) electrons. The maximum atomic E-state index is 12.2. The number of ether oxygens (including phenoxy) is 1. The first-order valence-corrected chi connectivity index (χ1v) is 6.14. The van der Waals surface area contributed by atoms with Crippen LogP contribution in [0.25, 0.3) is 0 Å². The molecule has 4 atom stereocenters. The smallest absolute Gasteiger partial charge is 0.227 e. The summed E-state index contributed by atoms with van der Waals surface area (Å²) in [7, 11) is 3.50. The van der Waals surface area contributed by atoms with E-state index >= 15 is 0 Å². The van der Waals surface area contributed by atoms with Gasteiger partial charge in [0.2, 0.25) is 5.91 Å². The Labute approximate surface area is 109 Å². The quantitative estimate of drug-likeness (QED) is 0.819. The van der Waals surface area contributed by atoms with Crippen LogP contribution >= 0.6 is 12.4 Å². The summed E-state index contributed by atoms with van der Waals surface area (Å²) in [5.74, 6) is 1.42. The predicted octanol–water partition coefficient (Wildman–Crippen LogP) is 0.886. The summed E-state index contributed by atoms with van der Waals surface area (Å²) in [5, 5.41) is 0. The van der Waals surface area contributed by atoms with E-state index in [0.29, 0.717) is 25.0 Å². The van der Waals surface area contributed by atoms with E-state index in [4.69, 9.17) is 10.5 Å². The molecule has 2 saturated carbocycles. The minimum atomic E-state index is 0. The van der Waals surface area contributed by atoms with Gasteiger partial charge < -0.3 is 15.4 Å². The summed E-state index contributed by atoms with van der Waals surface area (Å²) in [6.45, 7) is 1.26. The lowest BCUT2D eigenvalue weighted by atomic mass is 9.84. The van der Waals surface area contributed by atoms with E-state index in [-0.39, 0.29) is 30.3 Å². The van der Waals surface area contributed by atoms with Crippen LogP contribution in [-0.4, -0.2) is 44.2 Å². The van der Waals surface area contributed by atoms with Gasteiger partial charge >= 0.3 is 0 Å². The molecule has 2 N–H and O–H groups in total. The Morgan fingerprint density at radius 1 is 1.41 bits per heavy atom. The van der Waals surface area contributed by atoms with Crippen molar-refractivity contribution in [2.24, 2.45) is 23.5 Å². The van der Waals surface area contributed by atoms with E-state index in [1.165, 1.54) is 12.8 Å². The molecule has 2 fully saturated rings. The number of rotatable bonds is 4. The summed E-state index contributed by atoms with van der Waals surface area (Å²) < 4.78 is 4.99. The largest absolute Gasteiger partial charge is 0.383 e. The van der Waals surface area contributed by atoms with Crippen molar-refractivity contribution in [1.29, 1.82) is 0 Å². The number of nitrogens with zero attached hydrogens (tertiary/aromatic N) is 1. The highest BCUT2D eigenvalue weighted by atomic mass is 35.5. The summed E-state index contributed by atoms with van der Waals surface area (Å²) in [6, 6.07) is 0.0937. The van der Waals surface area contributed by atoms with Crippen LogP contribution in [0.5, 0.6) is 0 Å². The number of carbonyl (C=O) groups excluding carboxylic acids is 1. The summed E-state index contributed by atoms with van der Waals surface area (Å²) in [5.41, 5.74) is 6.15. The van der Waals surface area contributed by atoms with Gasteiger partial charge in [0, 0.05) is 26.7 Å². The average Bonchev–Trinajstić information content (AvgIpc) is 2.85. The number of hydrogen-bond donors (Lipinski definition) is 1. The van der Waals surface area contributed by atoms with Gasteiger partial charge in [0.25, 0.3) is 0 Å². The third-order valence-electron chi connectivity index (χ3n) is 4.27. The Morgan fingerprint density at radius 3 is 2.59 bits per heavy atom. The van der Waals surface area contributed by atoms with E-state index in [1.54, 1.807) is 12.0 Å². The van der Waals surface area contributed by atoms with Crippen molar-refractivity contribution in [2.45, 2.75) is 25.3 Å². The first kappa shape index (κ1) is 14.7. The molecule has 2 aliphatic carbocycles. The molecule has 2 bridgehead atoms. The molecule has 0 aromatic rings. The second kappa shape index (κ2) is 6.03. The number of fused-ring (bicyclic) bond motifs is 2. The van der Waals surface area contributed by atoms with E-state index in [2.05, 4.69) is 0 Å². The number of halogens is 1. The van der Waals surface area contributed by atoms with Crippen molar-refractivity contribution < 1.29 is 9.53 Å². The molecule has 5 heteroatoms. The third-order valence-corrected chi connectivity index (χ3v) is 4.27. The molecule has 2 rings (SSSR count). The summed E-state index contributed by atoms with van der Waals surface area (Å²) >= 11 is 0. The minimum absolute atomic E-state index is 0. The maximum absolute atomic E-state index is 12.2. The summed E-state index contributed by atoms with van der Waals surface area (Å²) in [6.07, 6.45) is 3.57. The second-order valence-corrected chi connectivity index (χ2v) is 5.19. The van der Waals surface area contributed by atoms with Gasteiger partial charge in [-0.05, 0) is 31.1 Å². The lowest BCUT2D eigenvalue weighted by molar-refractivity contribution is -0.136. The van der Waals surface area contributed by atoms with Crippen molar-refractivity contribution in [2.75, 3.05) is 27.3 Å². The van der Waals surface area contributed by atoms with Gasteiger partial charge in [0.15, 0.2) is 0 Å². The van der Waals surface area contributed by atoms with Crippen LogP contribution in [0, 0.1) is 17.8 Å². The van der Waals surface area contributed by atoms with Gasteiger partial charge in [-0.3, -0.25) is 4.79 Å². The van der Waals surface area contributed by atoms with Gasteiger partial charge in [-0.15, -0.1) is 12.4 Å². The van der Waals surface area contributed by atoms with Crippen LogP contribution in [0.3, 0.4) is 0 Å². The van der Waals surface area contributed by atoms with Crippen molar-refractivity contribution in [1.82, 2.24) is 4.90 Å². The fraction of sp³-hybridized carbons (Fsp3) is 0.917. The topological polar surface area (TPSA) is 55.6 Å². The van der Waals surface area contributed by atoms with Gasteiger partial charge in [0.05, 0.1) is 12.5 Å². The first-order chi connectivity index (χ1) is 7.65. The Hall–Kier alpha value is -0.320. The Balaban J connectivity index is 0.00000144. The van der Waals surface area contributed by atoms with Gasteiger partial charge in [-0.1, -0.05) is 0 Å². The highest BCUT2D eigenvalue weighted by Crippen LogP contribution is 2.48. The van der Waals surface area contributed by atoms with Crippen LogP contribution < -0.4 is 5.73 Å². The van der Waals surface area contributed by atoms with Crippen LogP contribution in [0.2, 0.25) is 0 Å². The molecule has 4 nitrogen and oxygen atoms in total. The van der Waals surface area contributed by atoms with Crippen LogP contribution in [0.4, 0.5) is 0 Å². The molecule has 0 heterocycles. The molecule has 0 aromatic carbocycles. The number of carbonyl (C=O) groups is 1. The van der Waals surface area contributed by atoms with Crippen molar-refractivity contribution in [3.63, 3.8) is 0 Å². The first-order valence-electron chi connectivity index (χ1n) is 6.14. The zero-order valence-electron chi connectivity index (χ0n) is 10.6. The van der Waals surface area contributed by atoms with Gasteiger partial charge in [0.1, 0.15) is 0 Å². The van der Waals surface area contributed by atoms with Crippen LogP contribution in [0.15, 0.2) is 0 Å². The number of amides is 1. The van der Waals surface area contributed by atoms with E-state index in [1.807, 2.05) is 7.05 Å². The molecule has 0 spiro atoms. The van der Waals surface area contributed by atoms with Crippen molar-refractivity contribution in [3.8, 4) is 0 Å². The predicted molar refractivity (Wildman–Crippen MR) is 69.1 cm³/mol. The van der Waals surface area contributed by atoms with Gasteiger partial charge in [-0.2, -0.15) is 0 Å². The van der Waals surface area contributed by atoms with Crippen LogP contribution in [-0.2, 0) is 9.53 Å². The second-order valence-electron chi connectivity index (χ2n) is 5.19. The Bertz CT molecular complexity index is 273.